The molecule has 6 rings (SSSR count). The van der Waals surface area contributed by atoms with Crippen LogP contribution in [0.3, 0.4) is 0 Å². The molecule has 0 radical (unpaired) electrons. The number of hydrogen-bond donors (Lipinski definition) is 2. The third kappa shape index (κ3) is 2.18. The molecule has 1 aliphatic heterocycles. The third-order valence-corrected chi connectivity index (χ3v) is 6.37. The van der Waals surface area contributed by atoms with Crippen molar-refractivity contribution in [3.8, 4) is 28.6 Å². The van der Waals surface area contributed by atoms with Gasteiger partial charge in [-0.25, -0.2) is 0 Å². The van der Waals surface area contributed by atoms with E-state index in [2.05, 4.69) is 27.4 Å². The average molecular weight is 366 g/mol. The summed E-state index contributed by atoms with van der Waals surface area (Å²) < 4.78 is 0. The lowest BCUT2D eigenvalue weighted by atomic mass is 9.87. The summed E-state index contributed by atoms with van der Waals surface area (Å²) in [5.74, 6) is 0.0843. The molecule has 1 amide bonds. The van der Waals surface area contributed by atoms with Crippen LogP contribution in [0.25, 0.3) is 22.5 Å². The fourth-order valence-corrected chi connectivity index (χ4v) is 4.67. The molecule has 0 atom stereocenters. The molecule has 2 aromatic heterocycles. The summed E-state index contributed by atoms with van der Waals surface area (Å²) in [6, 6.07) is 11.8. The van der Waals surface area contributed by atoms with Crippen molar-refractivity contribution >= 4 is 5.91 Å². The highest BCUT2D eigenvalue weighted by molar-refractivity contribution is 6.01. The number of pyridine rings is 1. The normalized spacial score (nSPS) is 17.9. The zero-order valence-corrected chi connectivity index (χ0v) is 15.3. The van der Waals surface area contributed by atoms with E-state index in [1.807, 2.05) is 30.5 Å². The van der Waals surface area contributed by atoms with E-state index in [1.165, 1.54) is 5.56 Å². The van der Waals surface area contributed by atoms with E-state index in [1.54, 1.807) is 0 Å². The Kier molecular flexibility index (Phi) is 2.98. The molecule has 1 saturated carbocycles. The van der Waals surface area contributed by atoms with Gasteiger partial charge in [-0.3, -0.25) is 9.78 Å². The van der Waals surface area contributed by atoms with Gasteiger partial charge in [-0.05, 0) is 55.0 Å². The minimum Gasteiger partial charge on any atom is -0.357 e. The summed E-state index contributed by atoms with van der Waals surface area (Å²) in [4.78, 5) is 21.0. The second kappa shape index (κ2) is 5.32. The Morgan fingerprint density at radius 3 is 2.71 bits per heavy atom. The molecule has 1 aromatic carbocycles. The van der Waals surface area contributed by atoms with Gasteiger partial charge in [0.15, 0.2) is 0 Å². The van der Waals surface area contributed by atoms with Crippen molar-refractivity contribution < 1.29 is 4.79 Å². The van der Waals surface area contributed by atoms with Gasteiger partial charge >= 0.3 is 0 Å². The molecule has 3 aliphatic rings. The summed E-state index contributed by atoms with van der Waals surface area (Å²) in [5.41, 5.74) is 9.06. The fourth-order valence-electron chi connectivity index (χ4n) is 4.67. The van der Waals surface area contributed by atoms with Gasteiger partial charge in [-0.1, -0.05) is 12.1 Å². The number of aromatic amines is 1. The summed E-state index contributed by atoms with van der Waals surface area (Å²) >= 11 is 0. The molecule has 1 fully saturated rings. The van der Waals surface area contributed by atoms with Crippen molar-refractivity contribution in [2.75, 3.05) is 0 Å². The quantitative estimate of drug-likeness (QED) is 0.691. The first-order valence-electron chi connectivity index (χ1n) is 9.72. The van der Waals surface area contributed by atoms with Crippen LogP contribution in [-0.2, 0) is 19.3 Å². The van der Waals surface area contributed by atoms with E-state index in [0.29, 0.717) is 5.56 Å². The van der Waals surface area contributed by atoms with E-state index in [9.17, 15) is 4.79 Å². The highest BCUT2D eigenvalue weighted by atomic mass is 16.2. The molecule has 0 unspecified atom stereocenters. The highest BCUT2D eigenvalue weighted by Crippen LogP contribution is 2.45. The first kappa shape index (κ1) is 15.6. The van der Waals surface area contributed by atoms with Gasteiger partial charge in [0, 0.05) is 35.0 Å². The number of H-pyrrole nitrogens is 1. The molecule has 0 saturated heterocycles. The molecular weight excluding hydrogens is 348 g/mol. The van der Waals surface area contributed by atoms with Crippen LogP contribution in [0.5, 0.6) is 0 Å². The fraction of sp³-hybridized carbons (Fsp3) is 0.261. The number of aryl methyl sites for hydroxylation is 1. The van der Waals surface area contributed by atoms with Crippen LogP contribution >= 0.6 is 0 Å². The number of hydrogen-bond acceptors (Lipinski definition) is 3. The van der Waals surface area contributed by atoms with Crippen LogP contribution in [0.1, 0.15) is 45.6 Å². The Hall–Kier alpha value is -3.39. The maximum Gasteiger partial charge on any atom is 0.253 e. The molecule has 2 N–H and O–H groups in total. The minimum absolute atomic E-state index is 0.00620. The highest BCUT2D eigenvalue weighted by Gasteiger charge is 2.49. The number of aromatic nitrogens is 2. The zero-order valence-electron chi connectivity index (χ0n) is 15.3. The number of benzene rings is 1. The van der Waals surface area contributed by atoms with E-state index >= 15 is 0 Å². The summed E-state index contributed by atoms with van der Waals surface area (Å²) in [7, 11) is 0. The largest absolute Gasteiger partial charge is 0.357 e. The van der Waals surface area contributed by atoms with Crippen molar-refractivity contribution in [2.45, 2.75) is 37.6 Å². The zero-order chi connectivity index (χ0) is 18.9. The van der Waals surface area contributed by atoms with Crippen molar-refractivity contribution in [3.05, 3.63) is 64.5 Å². The molecule has 28 heavy (non-hydrogen) atoms. The van der Waals surface area contributed by atoms with E-state index in [0.717, 1.165) is 71.4 Å². The Morgan fingerprint density at radius 2 is 1.96 bits per heavy atom. The maximum atomic E-state index is 12.8. The molecule has 2 aliphatic carbocycles. The molecular formula is C23H18N4O. The van der Waals surface area contributed by atoms with Gasteiger partial charge in [0.05, 0.1) is 28.6 Å². The Labute approximate surface area is 162 Å². The summed E-state index contributed by atoms with van der Waals surface area (Å²) in [5, 5.41) is 12.2. The number of fused-ring (bicyclic) bond motifs is 5. The lowest BCUT2D eigenvalue weighted by Gasteiger charge is -2.24. The van der Waals surface area contributed by atoms with Gasteiger partial charge in [0.2, 0.25) is 0 Å². The van der Waals surface area contributed by atoms with Crippen LogP contribution in [0, 0.1) is 11.3 Å². The van der Waals surface area contributed by atoms with Gasteiger partial charge in [-0.2, -0.15) is 5.26 Å². The monoisotopic (exact) mass is 366 g/mol. The maximum absolute atomic E-state index is 12.8. The predicted molar refractivity (Wildman–Crippen MR) is 105 cm³/mol. The van der Waals surface area contributed by atoms with Crippen LogP contribution in [-0.4, -0.2) is 21.4 Å². The molecule has 0 bridgehead atoms. The van der Waals surface area contributed by atoms with Crippen LogP contribution in [0.4, 0.5) is 0 Å². The molecule has 1 spiro atoms. The van der Waals surface area contributed by atoms with Gasteiger partial charge in [0.1, 0.15) is 0 Å². The lowest BCUT2D eigenvalue weighted by molar-refractivity contribution is 0.0917. The standard InChI is InChI=1S/C23H18N4O/c24-11-13-1-3-14(4-2-13)18-9-17-15(12-25-18)5-6-16-20-19(26-21(16)17)10-23(7-8-23)27-22(20)28/h1-4,9,12,26H,5-8,10H2,(H,27,28). The van der Waals surface area contributed by atoms with Crippen LogP contribution < -0.4 is 5.32 Å². The number of rotatable bonds is 1. The van der Waals surface area contributed by atoms with Crippen molar-refractivity contribution in [1.82, 2.24) is 15.3 Å². The minimum atomic E-state index is 0.00620. The summed E-state index contributed by atoms with van der Waals surface area (Å²) in [6.07, 6.45) is 6.77. The molecule has 5 heteroatoms. The van der Waals surface area contributed by atoms with E-state index in [4.69, 9.17) is 5.26 Å². The number of carbonyl (C=O) groups excluding carboxylic acids is 1. The second-order valence-electron chi connectivity index (χ2n) is 8.16. The average Bonchev–Trinajstić information content (AvgIpc) is 3.34. The number of nitrogens with zero attached hydrogens (tertiary/aromatic N) is 2. The van der Waals surface area contributed by atoms with Gasteiger partial charge < -0.3 is 10.3 Å². The Bertz CT molecular complexity index is 1190. The molecule has 3 heterocycles. The number of amides is 1. The number of nitriles is 1. The Morgan fingerprint density at radius 1 is 1.14 bits per heavy atom. The molecule has 136 valence electrons. The van der Waals surface area contributed by atoms with Crippen molar-refractivity contribution in [3.63, 3.8) is 0 Å². The smallest absolute Gasteiger partial charge is 0.253 e. The number of nitrogens with one attached hydrogen (secondary N) is 2. The van der Waals surface area contributed by atoms with E-state index in [-0.39, 0.29) is 11.4 Å². The SMILES string of the molecule is N#Cc1ccc(-c2cc3c(cn2)CCc2c-3[nH]c3c2C(=O)NC2(CC2)C3)cc1. The summed E-state index contributed by atoms with van der Waals surface area (Å²) in [6.45, 7) is 0. The molecule has 5 nitrogen and oxygen atoms in total. The first-order chi connectivity index (χ1) is 13.7. The topological polar surface area (TPSA) is 81.6 Å². The predicted octanol–water partition coefficient (Wildman–Crippen LogP) is 3.53. The van der Waals surface area contributed by atoms with Gasteiger partial charge in [-0.15, -0.1) is 0 Å². The van der Waals surface area contributed by atoms with Gasteiger partial charge in [0.25, 0.3) is 5.91 Å². The first-order valence-corrected chi connectivity index (χ1v) is 9.72. The lowest BCUT2D eigenvalue weighted by Crippen LogP contribution is -2.43. The van der Waals surface area contributed by atoms with Crippen molar-refractivity contribution in [2.24, 2.45) is 0 Å². The Balaban J connectivity index is 1.47. The van der Waals surface area contributed by atoms with Crippen LogP contribution in [0.2, 0.25) is 0 Å². The molecule has 3 aromatic rings. The van der Waals surface area contributed by atoms with Crippen molar-refractivity contribution in [1.29, 1.82) is 5.26 Å². The van der Waals surface area contributed by atoms with Crippen LogP contribution in [0.15, 0.2) is 36.5 Å². The number of carbonyl (C=O) groups is 1. The van der Waals surface area contributed by atoms with E-state index < -0.39 is 0 Å². The third-order valence-electron chi connectivity index (χ3n) is 6.37. The second-order valence-corrected chi connectivity index (χ2v) is 8.16.